The van der Waals surface area contributed by atoms with Gasteiger partial charge in [-0.05, 0) is 24.6 Å². The van der Waals surface area contributed by atoms with E-state index in [0.717, 1.165) is 12.1 Å². The highest BCUT2D eigenvalue weighted by Crippen LogP contribution is 2.32. The lowest BCUT2D eigenvalue weighted by molar-refractivity contribution is -0.138. The standard InChI is InChI=1S/C14H14F3N3O2/c1-13(12(18)21,19-8-11-5-6-20-22-11)9-3-2-4-10(7-9)14(15,16)17/h2-7,19H,8H2,1H3,(H2,18,21)/t13-/m0/s1. The molecule has 0 bridgehead atoms. The molecule has 1 aromatic heterocycles. The van der Waals surface area contributed by atoms with Crippen molar-refractivity contribution in [1.29, 1.82) is 0 Å². The SMILES string of the molecule is C[C@@](NCc1ccno1)(C(N)=O)c1cccc(C(F)(F)F)c1. The number of nitrogens with two attached hydrogens (primary N) is 1. The van der Waals surface area contributed by atoms with E-state index in [1.54, 1.807) is 6.07 Å². The van der Waals surface area contributed by atoms with Gasteiger partial charge in [-0.1, -0.05) is 17.3 Å². The van der Waals surface area contributed by atoms with Gasteiger partial charge >= 0.3 is 6.18 Å². The Morgan fingerprint density at radius 1 is 1.32 bits per heavy atom. The summed E-state index contributed by atoms with van der Waals surface area (Å²) in [6.45, 7) is 1.51. The molecule has 2 aromatic rings. The number of carbonyl (C=O) groups is 1. The number of primary amides is 1. The van der Waals surface area contributed by atoms with Gasteiger partial charge in [-0.25, -0.2) is 0 Å². The van der Waals surface area contributed by atoms with Crippen LogP contribution in [0.15, 0.2) is 41.1 Å². The highest BCUT2D eigenvalue weighted by atomic mass is 19.4. The molecule has 0 aliphatic carbocycles. The van der Waals surface area contributed by atoms with E-state index in [1.807, 2.05) is 0 Å². The van der Waals surface area contributed by atoms with Crippen LogP contribution in [0.4, 0.5) is 13.2 Å². The van der Waals surface area contributed by atoms with Gasteiger partial charge in [0.15, 0.2) is 0 Å². The van der Waals surface area contributed by atoms with Crippen molar-refractivity contribution in [2.75, 3.05) is 0 Å². The zero-order valence-corrected chi connectivity index (χ0v) is 11.6. The van der Waals surface area contributed by atoms with E-state index in [4.69, 9.17) is 10.3 Å². The predicted molar refractivity (Wildman–Crippen MR) is 71.3 cm³/mol. The maximum Gasteiger partial charge on any atom is 0.416 e. The van der Waals surface area contributed by atoms with Crippen LogP contribution >= 0.6 is 0 Å². The summed E-state index contributed by atoms with van der Waals surface area (Å²) in [5, 5.41) is 6.32. The Morgan fingerprint density at radius 2 is 2.00 bits per heavy atom. The van der Waals surface area contributed by atoms with Crippen molar-refractivity contribution in [3.8, 4) is 0 Å². The van der Waals surface area contributed by atoms with Crippen molar-refractivity contribution in [2.24, 2.45) is 5.73 Å². The summed E-state index contributed by atoms with van der Waals surface area (Å²) in [7, 11) is 0. The minimum atomic E-state index is -4.50. The van der Waals surface area contributed by atoms with Crippen molar-refractivity contribution in [3.63, 3.8) is 0 Å². The molecule has 0 aliphatic heterocycles. The highest BCUT2D eigenvalue weighted by Gasteiger charge is 2.36. The lowest BCUT2D eigenvalue weighted by atomic mass is 9.89. The van der Waals surface area contributed by atoms with Gasteiger partial charge in [0.25, 0.3) is 0 Å². The molecule has 0 spiro atoms. The second kappa shape index (κ2) is 5.80. The van der Waals surface area contributed by atoms with Crippen LogP contribution < -0.4 is 11.1 Å². The van der Waals surface area contributed by atoms with Crippen LogP contribution in [0.2, 0.25) is 0 Å². The monoisotopic (exact) mass is 313 g/mol. The fourth-order valence-corrected chi connectivity index (χ4v) is 1.94. The zero-order valence-electron chi connectivity index (χ0n) is 11.6. The predicted octanol–water partition coefficient (Wildman–Crippen LogP) is 2.18. The van der Waals surface area contributed by atoms with Crippen molar-refractivity contribution < 1.29 is 22.5 Å². The molecule has 2 rings (SSSR count). The largest absolute Gasteiger partial charge is 0.416 e. The fraction of sp³-hybridized carbons (Fsp3) is 0.286. The van der Waals surface area contributed by atoms with Crippen LogP contribution in [0.3, 0.4) is 0 Å². The van der Waals surface area contributed by atoms with Crippen molar-refractivity contribution in [3.05, 3.63) is 53.4 Å². The van der Waals surface area contributed by atoms with Crippen LogP contribution in [-0.4, -0.2) is 11.1 Å². The first kappa shape index (κ1) is 16.0. The normalized spacial score (nSPS) is 14.5. The van der Waals surface area contributed by atoms with Gasteiger partial charge in [-0.3, -0.25) is 10.1 Å². The first-order chi connectivity index (χ1) is 10.2. The maximum absolute atomic E-state index is 12.8. The summed E-state index contributed by atoms with van der Waals surface area (Å²) in [5.41, 5.74) is 3.17. The third-order valence-corrected chi connectivity index (χ3v) is 3.37. The summed E-state index contributed by atoms with van der Waals surface area (Å²) in [6, 6.07) is 6.04. The van der Waals surface area contributed by atoms with Crippen LogP contribution in [0.1, 0.15) is 23.8 Å². The molecule has 0 saturated carbocycles. The zero-order chi connectivity index (χ0) is 16.4. The molecule has 1 amide bonds. The number of hydrogen-bond acceptors (Lipinski definition) is 4. The van der Waals surface area contributed by atoms with Crippen LogP contribution in [0.25, 0.3) is 0 Å². The quantitative estimate of drug-likeness (QED) is 0.886. The highest BCUT2D eigenvalue weighted by molar-refractivity contribution is 5.85. The van der Waals surface area contributed by atoms with Crippen molar-refractivity contribution in [1.82, 2.24) is 10.5 Å². The summed E-state index contributed by atoms with van der Waals surface area (Å²) in [4.78, 5) is 11.8. The van der Waals surface area contributed by atoms with Gasteiger partial charge in [0.1, 0.15) is 11.3 Å². The smallest absolute Gasteiger partial charge is 0.368 e. The van der Waals surface area contributed by atoms with Gasteiger partial charge < -0.3 is 10.3 Å². The fourth-order valence-electron chi connectivity index (χ4n) is 1.94. The number of nitrogens with zero attached hydrogens (tertiary/aromatic N) is 1. The van der Waals surface area contributed by atoms with E-state index in [2.05, 4.69) is 10.5 Å². The first-order valence-corrected chi connectivity index (χ1v) is 6.36. The van der Waals surface area contributed by atoms with Crippen molar-refractivity contribution in [2.45, 2.75) is 25.2 Å². The average Bonchev–Trinajstić information content (AvgIpc) is 2.97. The van der Waals surface area contributed by atoms with E-state index in [-0.39, 0.29) is 12.1 Å². The lowest BCUT2D eigenvalue weighted by Crippen LogP contribution is -2.50. The second-order valence-electron chi connectivity index (χ2n) is 4.90. The molecule has 1 aromatic carbocycles. The molecule has 0 aliphatic rings. The second-order valence-corrected chi connectivity index (χ2v) is 4.90. The van der Waals surface area contributed by atoms with Gasteiger partial charge in [0, 0.05) is 6.07 Å². The summed E-state index contributed by atoms with van der Waals surface area (Å²) >= 11 is 0. The number of halogens is 3. The number of carbonyl (C=O) groups excluding carboxylic acids is 1. The summed E-state index contributed by atoms with van der Waals surface area (Å²) in [5.74, 6) is -0.370. The Kier molecular flexibility index (Phi) is 4.23. The molecule has 118 valence electrons. The van der Waals surface area contributed by atoms with E-state index < -0.39 is 23.2 Å². The van der Waals surface area contributed by atoms with E-state index in [9.17, 15) is 18.0 Å². The van der Waals surface area contributed by atoms with Gasteiger partial charge in [-0.15, -0.1) is 0 Å². The molecule has 0 fully saturated rings. The van der Waals surface area contributed by atoms with Crippen LogP contribution in [-0.2, 0) is 23.1 Å². The van der Waals surface area contributed by atoms with Crippen LogP contribution in [0, 0.1) is 0 Å². The van der Waals surface area contributed by atoms with Gasteiger partial charge in [-0.2, -0.15) is 13.2 Å². The Balaban J connectivity index is 2.32. The number of nitrogens with one attached hydrogen (secondary N) is 1. The minimum absolute atomic E-state index is 0.0929. The third-order valence-electron chi connectivity index (χ3n) is 3.37. The Hall–Kier alpha value is -2.35. The molecule has 5 nitrogen and oxygen atoms in total. The average molecular weight is 313 g/mol. The Bertz CT molecular complexity index is 656. The number of aromatic nitrogens is 1. The van der Waals surface area contributed by atoms with E-state index in [0.29, 0.717) is 5.76 Å². The van der Waals surface area contributed by atoms with Gasteiger partial charge in [0.2, 0.25) is 5.91 Å². The molecule has 1 atom stereocenters. The minimum Gasteiger partial charge on any atom is -0.368 e. The summed E-state index contributed by atoms with van der Waals surface area (Å²) < 4.78 is 43.3. The topological polar surface area (TPSA) is 81.2 Å². The summed E-state index contributed by atoms with van der Waals surface area (Å²) in [6.07, 6.45) is -3.08. The molecule has 3 N–H and O–H groups in total. The lowest BCUT2D eigenvalue weighted by Gasteiger charge is -2.28. The molecular formula is C14H14F3N3O2. The molecule has 8 heteroatoms. The molecule has 22 heavy (non-hydrogen) atoms. The number of hydrogen-bond donors (Lipinski definition) is 2. The number of benzene rings is 1. The number of amides is 1. The number of rotatable bonds is 5. The van der Waals surface area contributed by atoms with E-state index in [1.165, 1.54) is 25.3 Å². The van der Waals surface area contributed by atoms with Crippen LogP contribution in [0.5, 0.6) is 0 Å². The Morgan fingerprint density at radius 3 is 2.55 bits per heavy atom. The molecule has 0 radical (unpaired) electrons. The Labute approximate surface area is 124 Å². The van der Waals surface area contributed by atoms with Crippen molar-refractivity contribution >= 4 is 5.91 Å². The first-order valence-electron chi connectivity index (χ1n) is 6.36. The maximum atomic E-state index is 12.8. The molecule has 0 saturated heterocycles. The molecule has 1 heterocycles. The van der Waals surface area contributed by atoms with E-state index >= 15 is 0 Å². The molecule has 0 unspecified atom stereocenters. The molecular weight excluding hydrogens is 299 g/mol. The van der Waals surface area contributed by atoms with Gasteiger partial charge in [0.05, 0.1) is 18.3 Å². The number of alkyl halides is 3. The third kappa shape index (κ3) is 3.28.